The smallest absolute Gasteiger partial charge is 0.208 e. The molecule has 0 unspecified atom stereocenters. The molecule has 138 valence electrons. The summed E-state index contributed by atoms with van der Waals surface area (Å²) in [5.41, 5.74) is 4.33. The van der Waals surface area contributed by atoms with Crippen molar-refractivity contribution in [2.24, 2.45) is 7.05 Å². The normalized spacial score (nSPS) is 11.2. The van der Waals surface area contributed by atoms with Gasteiger partial charge in [0, 0.05) is 19.3 Å². The number of aromatic amines is 1. The topological polar surface area (TPSA) is 67.8 Å². The number of rotatable bonds is 4. The van der Waals surface area contributed by atoms with Crippen molar-refractivity contribution in [3.63, 3.8) is 0 Å². The first-order valence-electron chi connectivity index (χ1n) is 8.77. The van der Waals surface area contributed by atoms with Crippen LogP contribution in [-0.2, 0) is 7.05 Å². The van der Waals surface area contributed by atoms with E-state index in [1.807, 2.05) is 72.4 Å². The number of anilines is 2. The Morgan fingerprint density at radius 1 is 1.00 bits per heavy atom. The van der Waals surface area contributed by atoms with Gasteiger partial charge in [-0.3, -0.25) is 0 Å². The van der Waals surface area contributed by atoms with Crippen LogP contribution in [0.25, 0.3) is 22.1 Å². The highest BCUT2D eigenvalue weighted by molar-refractivity contribution is 6.29. The fraction of sp³-hybridized carbons (Fsp3) is 0.0476. The summed E-state index contributed by atoms with van der Waals surface area (Å²) >= 11 is 6.04. The van der Waals surface area contributed by atoms with Crippen LogP contribution in [0.5, 0.6) is 11.5 Å². The number of hydrogen-bond donors (Lipinski definition) is 2. The SMILES string of the molecule is Cn1c(Nc2c[nH]c3ccc(Cl)nc23)nc2cc(Oc3ccccc3)ccc21. The molecule has 5 rings (SSSR count). The maximum Gasteiger partial charge on any atom is 0.208 e. The van der Waals surface area contributed by atoms with Crippen molar-refractivity contribution >= 4 is 45.3 Å². The molecular weight excluding hydrogens is 374 g/mol. The molecule has 28 heavy (non-hydrogen) atoms. The van der Waals surface area contributed by atoms with Gasteiger partial charge in [0.05, 0.1) is 22.2 Å². The van der Waals surface area contributed by atoms with E-state index in [0.29, 0.717) is 11.1 Å². The average molecular weight is 390 g/mol. The lowest BCUT2D eigenvalue weighted by Gasteiger charge is -2.05. The highest BCUT2D eigenvalue weighted by Gasteiger charge is 2.12. The number of fused-ring (bicyclic) bond motifs is 2. The van der Waals surface area contributed by atoms with Gasteiger partial charge in [-0.15, -0.1) is 0 Å². The maximum absolute atomic E-state index is 6.04. The molecule has 3 aromatic heterocycles. The number of nitrogens with one attached hydrogen (secondary N) is 2. The molecule has 6 nitrogen and oxygen atoms in total. The largest absolute Gasteiger partial charge is 0.457 e. The van der Waals surface area contributed by atoms with Crippen molar-refractivity contribution in [3.05, 3.63) is 72.0 Å². The summed E-state index contributed by atoms with van der Waals surface area (Å²) in [5.74, 6) is 2.23. The third kappa shape index (κ3) is 2.93. The summed E-state index contributed by atoms with van der Waals surface area (Å²) in [7, 11) is 1.96. The van der Waals surface area contributed by atoms with E-state index in [4.69, 9.17) is 21.3 Å². The highest BCUT2D eigenvalue weighted by Crippen LogP contribution is 2.30. The van der Waals surface area contributed by atoms with E-state index in [1.165, 1.54) is 0 Å². The number of aryl methyl sites for hydroxylation is 1. The highest BCUT2D eigenvalue weighted by atomic mass is 35.5. The lowest BCUT2D eigenvalue weighted by atomic mass is 10.3. The molecule has 0 spiro atoms. The first-order valence-corrected chi connectivity index (χ1v) is 9.15. The zero-order valence-corrected chi connectivity index (χ0v) is 15.7. The average Bonchev–Trinajstić information content (AvgIpc) is 3.23. The van der Waals surface area contributed by atoms with Gasteiger partial charge in [0.2, 0.25) is 5.95 Å². The van der Waals surface area contributed by atoms with Gasteiger partial charge in [-0.25, -0.2) is 9.97 Å². The number of hydrogen-bond acceptors (Lipinski definition) is 4. The lowest BCUT2D eigenvalue weighted by molar-refractivity contribution is 0.483. The number of imidazole rings is 1. The van der Waals surface area contributed by atoms with Crippen LogP contribution in [0.1, 0.15) is 0 Å². The number of pyridine rings is 1. The Labute approximate surface area is 165 Å². The van der Waals surface area contributed by atoms with Crippen molar-refractivity contribution in [1.29, 1.82) is 0 Å². The van der Waals surface area contributed by atoms with Crippen LogP contribution < -0.4 is 10.1 Å². The van der Waals surface area contributed by atoms with Gasteiger partial charge in [0.1, 0.15) is 22.2 Å². The zero-order valence-electron chi connectivity index (χ0n) is 15.0. The monoisotopic (exact) mass is 389 g/mol. The van der Waals surface area contributed by atoms with E-state index in [0.717, 1.165) is 39.3 Å². The molecule has 0 aliphatic rings. The number of aromatic nitrogens is 4. The first-order chi connectivity index (χ1) is 13.7. The lowest BCUT2D eigenvalue weighted by Crippen LogP contribution is -1.98. The number of benzene rings is 2. The summed E-state index contributed by atoms with van der Waals surface area (Å²) in [5, 5.41) is 3.79. The van der Waals surface area contributed by atoms with Gasteiger partial charge in [0.25, 0.3) is 0 Å². The third-order valence-corrected chi connectivity index (χ3v) is 4.78. The van der Waals surface area contributed by atoms with Crippen LogP contribution in [0.3, 0.4) is 0 Å². The molecule has 3 heterocycles. The molecule has 0 bridgehead atoms. The first kappa shape index (κ1) is 16.6. The predicted molar refractivity (Wildman–Crippen MR) is 112 cm³/mol. The molecule has 0 saturated heterocycles. The fourth-order valence-corrected chi connectivity index (χ4v) is 3.32. The number of nitrogens with zero attached hydrogens (tertiary/aromatic N) is 3. The molecular formula is C21H16ClN5O. The standard InChI is InChI=1S/C21H16ClN5O/c1-27-18-9-7-14(28-13-5-3-2-4-6-13)11-16(18)24-21(27)25-17-12-23-15-8-10-19(22)26-20(15)17/h2-12,23H,1H3,(H,24,25). The van der Waals surface area contributed by atoms with Gasteiger partial charge in [-0.05, 0) is 36.4 Å². The van der Waals surface area contributed by atoms with Gasteiger partial charge in [-0.2, -0.15) is 0 Å². The third-order valence-electron chi connectivity index (χ3n) is 4.57. The maximum atomic E-state index is 6.04. The Kier molecular flexibility index (Phi) is 3.91. The molecule has 0 aliphatic heterocycles. The van der Waals surface area contributed by atoms with E-state index < -0.39 is 0 Å². The minimum Gasteiger partial charge on any atom is -0.457 e. The second kappa shape index (κ2) is 6.58. The molecule has 0 aliphatic carbocycles. The van der Waals surface area contributed by atoms with Gasteiger partial charge < -0.3 is 19.6 Å². The van der Waals surface area contributed by atoms with Gasteiger partial charge >= 0.3 is 0 Å². The quantitative estimate of drug-likeness (QED) is 0.390. The molecule has 5 aromatic rings. The summed E-state index contributed by atoms with van der Waals surface area (Å²) in [6.07, 6.45) is 1.86. The van der Waals surface area contributed by atoms with Crippen molar-refractivity contribution in [3.8, 4) is 11.5 Å². The Morgan fingerprint density at radius 3 is 2.71 bits per heavy atom. The van der Waals surface area contributed by atoms with Gasteiger partial charge in [0.15, 0.2) is 0 Å². The molecule has 0 saturated carbocycles. The van der Waals surface area contributed by atoms with Gasteiger partial charge in [-0.1, -0.05) is 29.8 Å². The predicted octanol–water partition coefficient (Wildman–Crippen LogP) is 5.64. The van der Waals surface area contributed by atoms with E-state index in [9.17, 15) is 0 Å². The van der Waals surface area contributed by atoms with Crippen LogP contribution in [-0.4, -0.2) is 19.5 Å². The van der Waals surface area contributed by atoms with Crippen molar-refractivity contribution in [2.75, 3.05) is 5.32 Å². The van der Waals surface area contributed by atoms with E-state index in [-0.39, 0.29) is 0 Å². The Balaban J connectivity index is 1.49. The van der Waals surface area contributed by atoms with E-state index in [1.54, 1.807) is 6.07 Å². The van der Waals surface area contributed by atoms with Crippen LogP contribution in [0, 0.1) is 0 Å². The molecule has 0 fully saturated rings. The number of halogens is 1. The van der Waals surface area contributed by atoms with E-state index >= 15 is 0 Å². The molecule has 0 radical (unpaired) electrons. The molecule has 0 amide bonds. The Bertz CT molecular complexity index is 1290. The number of ether oxygens (including phenoxy) is 1. The van der Waals surface area contributed by atoms with E-state index in [2.05, 4.69) is 15.3 Å². The van der Waals surface area contributed by atoms with Crippen LogP contribution in [0.2, 0.25) is 5.15 Å². The fourth-order valence-electron chi connectivity index (χ4n) is 3.17. The second-order valence-electron chi connectivity index (χ2n) is 6.42. The minimum absolute atomic E-state index is 0.447. The second-order valence-corrected chi connectivity index (χ2v) is 6.80. The molecule has 2 aromatic carbocycles. The van der Waals surface area contributed by atoms with Crippen molar-refractivity contribution in [2.45, 2.75) is 0 Å². The molecule has 2 N–H and O–H groups in total. The van der Waals surface area contributed by atoms with Crippen LogP contribution >= 0.6 is 11.6 Å². The summed E-state index contributed by atoms with van der Waals surface area (Å²) in [6, 6.07) is 19.2. The summed E-state index contributed by atoms with van der Waals surface area (Å²) in [6.45, 7) is 0. The Morgan fingerprint density at radius 2 is 1.86 bits per heavy atom. The zero-order chi connectivity index (χ0) is 19.1. The number of H-pyrrole nitrogens is 1. The summed E-state index contributed by atoms with van der Waals surface area (Å²) in [4.78, 5) is 12.3. The molecule has 0 atom stereocenters. The Hall–Kier alpha value is -3.51. The van der Waals surface area contributed by atoms with Crippen LogP contribution in [0.15, 0.2) is 66.9 Å². The van der Waals surface area contributed by atoms with Crippen molar-refractivity contribution in [1.82, 2.24) is 19.5 Å². The van der Waals surface area contributed by atoms with Crippen molar-refractivity contribution < 1.29 is 4.74 Å². The summed E-state index contributed by atoms with van der Waals surface area (Å²) < 4.78 is 7.90. The molecule has 7 heteroatoms. The minimum atomic E-state index is 0.447. The van der Waals surface area contributed by atoms with Crippen LogP contribution in [0.4, 0.5) is 11.6 Å². The number of para-hydroxylation sites is 1.